The summed E-state index contributed by atoms with van der Waals surface area (Å²) in [5, 5.41) is 13.6. The maximum Gasteiger partial charge on any atom is 0.243 e. The topological polar surface area (TPSA) is 87.3 Å². The fraction of sp³-hybridized carbons (Fsp3) is 0.400. The summed E-state index contributed by atoms with van der Waals surface area (Å²) >= 11 is 1.38. The Morgan fingerprint density at radius 1 is 1.23 bits per heavy atom. The molecule has 3 aromatic rings. The number of aromatic nitrogens is 5. The van der Waals surface area contributed by atoms with Gasteiger partial charge < -0.3 is 14.4 Å². The number of amides is 1. The van der Waals surface area contributed by atoms with Crippen molar-refractivity contribution in [2.24, 2.45) is 7.05 Å². The molecule has 0 saturated carbocycles. The van der Waals surface area contributed by atoms with Gasteiger partial charge in [-0.05, 0) is 18.1 Å². The van der Waals surface area contributed by atoms with Crippen LogP contribution >= 0.6 is 11.8 Å². The molecule has 0 radical (unpaired) electrons. The number of rotatable bonds is 8. The van der Waals surface area contributed by atoms with Crippen molar-refractivity contribution in [1.29, 1.82) is 0 Å². The van der Waals surface area contributed by atoms with E-state index >= 15 is 0 Å². The van der Waals surface area contributed by atoms with E-state index in [2.05, 4.69) is 21.4 Å². The summed E-state index contributed by atoms with van der Waals surface area (Å²) < 4.78 is 14.2. The Hall–Kier alpha value is -2.85. The second-order valence-electron chi connectivity index (χ2n) is 6.89. The molecule has 30 heavy (non-hydrogen) atoms. The molecule has 4 rings (SSSR count). The van der Waals surface area contributed by atoms with Crippen LogP contribution in [0.1, 0.15) is 5.56 Å². The summed E-state index contributed by atoms with van der Waals surface area (Å²) in [5.74, 6) is 1.46. The minimum absolute atomic E-state index is 0.0618. The Labute approximate surface area is 179 Å². The smallest absolute Gasteiger partial charge is 0.243 e. The van der Waals surface area contributed by atoms with Gasteiger partial charge in [0, 0.05) is 32.6 Å². The molecular formula is C20H24N6O3S. The minimum atomic E-state index is 0.0618. The normalized spacial score (nSPS) is 13.0. The number of methoxy groups -OCH3 is 2. The number of nitrogens with zero attached hydrogens (tertiary/aromatic N) is 6. The molecule has 3 heterocycles. The molecule has 0 saturated heterocycles. The highest BCUT2D eigenvalue weighted by molar-refractivity contribution is 7.99. The van der Waals surface area contributed by atoms with Gasteiger partial charge in [0.1, 0.15) is 5.56 Å². The molecule has 1 aliphatic rings. The van der Waals surface area contributed by atoms with Crippen LogP contribution in [0.25, 0.3) is 11.4 Å². The number of anilines is 1. The molecule has 1 amide bonds. The first kappa shape index (κ1) is 20.4. The number of para-hydroxylation sites is 1. The van der Waals surface area contributed by atoms with Gasteiger partial charge in [-0.2, -0.15) is 0 Å². The maximum atomic E-state index is 12.9. The number of aryl methyl sites for hydroxylation is 1. The maximum absolute atomic E-state index is 12.9. The second-order valence-corrected chi connectivity index (χ2v) is 7.83. The van der Waals surface area contributed by atoms with Crippen molar-refractivity contribution in [2.75, 3.05) is 38.0 Å². The van der Waals surface area contributed by atoms with E-state index in [9.17, 15) is 4.79 Å². The van der Waals surface area contributed by atoms with Crippen LogP contribution in [0, 0.1) is 0 Å². The average Bonchev–Trinajstić information content (AvgIpc) is 3.46. The van der Waals surface area contributed by atoms with Gasteiger partial charge in [-0.3, -0.25) is 14.0 Å². The lowest BCUT2D eigenvalue weighted by Crippen LogP contribution is -2.30. The first-order valence-corrected chi connectivity index (χ1v) is 10.6. The predicted molar refractivity (Wildman–Crippen MR) is 114 cm³/mol. The molecular weight excluding hydrogens is 404 g/mol. The highest BCUT2D eigenvalue weighted by atomic mass is 32.2. The zero-order valence-corrected chi connectivity index (χ0v) is 18.1. The molecule has 0 fully saturated rings. The summed E-state index contributed by atoms with van der Waals surface area (Å²) in [7, 11) is 5.05. The molecule has 0 bridgehead atoms. The number of ether oxygens (including phenoxy) is 2. The fourth-order valence-electron chi connectivity index (χ4n) is 3.55. The summed E-state index contributed by atoms with van der Waals surface area (Å²) in [6.07, 6.45) is 2.73. The number of hydrogen-bond acceptors (Lipinski definition) is 7. The van der Waals surface area contributed by atoms with Crippen molar-refractivity contribution < 1.29 is 14.3 Å². The Morgan fingerprint density at radius 3 is 2.87 bits per heavy atom. The molecule has 0 atom stereocenters. The van der Waals surface area contributed by atoms with Crippen molar-refractivity contribution >= 4 is 23.4 Å². The number of fused-ring (bicyclic) bond motifs is 1. The molecule has 2 aromatic heterocycles. The number of benzene rings is 1. The Kier molecular flexibility index (Phi) is 6.05. The van der Waals surface area contributed by atoms with Crippen LogP contribution < -0.4 is 9.64 Å². The third-order valence-corrected chi connectivity index (χ3v) is 5.93. The third-order valence-electron chi connectivity index (χ3n) is 4.98. The van der Waals surface area contributed by atoms with Gasteiger partial charge >= 0.3 is 0 Å². The SMILES string of the molecule is COCCn1c(SCC(=O)N2CCc3ccccc32)nnc1-c1cn(C)nc1OC. The molecule has 0 unspecified atom stereocenters. The van der Waals surface area contributed by atoms with Gasteiger partial charge in [0.2, 0.25) is 11.8 Å². The minimum Gasteiger partial charge on any atom is -0.479 e. The molecule has 1 aromatic carbocycles. The Bertz CT molecular complexity index is 1050. The van der Waals surface area contributed by atoms with Crippen LogP contribution in [0.2, 0.25) is 0 Å². The van der Waals surface area contributed by atoms with E-state index in [4.69, 9.17) is 9.47 Å². The van der Waals surface area contributed by atoms with Crippen molar-refractivity contribution in [3.05, 3.63) is 36.0 Å². The van der Waals surface area contributed by atoms with Crippen molar-refractivity contribution in [1.82, 2.24) is 24.5 Å². The highest BCUT2D eigenvalue weighted by Crippen LogP contribution is 2.31. The predicted octanol–water partition coefficient (Wildman–Crippen LogP) is 2.01. The molecule has 0 aliphatic carbocycles. The van der Waals surface area contributed by atoms with Crippen LogP contribution in [0.3, 0.4) is 0 Å². The van der Waals surface area contributed by atoms with Crippen molar-refractivity contribution in [3.8, 4) is 17.3 Å². The fourth-order valence-corrected chi connectivity index (χ4v) is 4.39. The van der Waals surface area contributed by atoms with E-state index in [0.717, 1.165) is 17.7 Å². The van der Waals surface area contributed by atoms with Crippen LogP contribution in [-0.2, 0) is 29.5 Å². The first-order valence-electron chi connectivity index (χ1n) is 9.63. The van der Waals surface area contributed by atoms with E-state index in [1.165, 1.54) is 17.3 Å². The average molecular weight is 429 g/mol. The van der Waals surface area contributed by atoms with E-state index in [1.807, 2.05) is 40.9 Å². The molecule has 1 aliphatic heterocycles. The van der Waals surface area contributed by atoms with Gasteiger partial charge in [0.05, 0.1) is 26.0 Å². The van der Waals surface area contributed by atoms with Crippen LogP contribution in [0.15, 0.2) is 35.6 Å². The Morgan fingerprint density at radius 2 is 2.07 bits per heavy atom. The van der Waals surface area contributed by atoms with Gasteiger partial charge in [-0.25, -0.2) is 0 Å². The molecule has 158 valence electrons. The van der Waals surface area contributed by atoms with Crippen LogP contribution in [-0.4, -0.2) is 63.6 Å². The van der Waals surface area contributed by atoms with Gasteiger partial charge in [0.25, 0.3) is 0 Å². The Balaban J connectivity index is 1.54. The highest BCUT2D eigenvalue weighted by Gasteiger charge is 2.25. The lowest BCUT2D eigenvalue weighted by Gasteiger charge is -2.17. The van der Waals surface area contributed by atoms with E-state index in [0.29, 0.717) is 36.6 Å². The number of carbonyl (C=O) groups excluding carboxylic acids is 1. The quantitative estimate of drug-likeness (QED) is 0.507. The largest absolute Gasteiger partial charge is 0.479 e. The molecule has 0 N–H and O–H groups in total. The second kappa shape index (κ2) is 8.88. The number of thioether (sulfide) groups is 1. The summed E-state index contributed by atoms with van der Waals surface area (Å²) in [6.45, 7) is 1.77. The first-order chi connectivity index (χ1) is 14.6. The van der Waals surface area contributed by atoms with Crippen molar-refractivity contribution in [2.45, 2.75) is 18.1 Å². The molecule has 9 nitrogen and oxygen atoms in total. The molecule has 0 spiro atoms. The third kappa shape index (κ3) is 3.92. The standard InChI is InChI=1S/C20H24N6O3S/c1-24-12-15(19(23-24)29-3)18-21-22-20(26(18)10-11-28-2)30-13-17(27)25-9-8-14-6-4-5-7-16(14)25/h4-7,12H,8-11,13H2,1-3H3. The van der Waals surface area contributed by atoms with E-state index < -0.39 is 0 Å². The van der Waals surface area contributed by atoms with Crippen LogP contribution in [0.4, 0.5) is 5.69 Å². The van der Waals surface area contributed by atoms with Crippen molar-refractivity contribution in [3.63, 3.8) is 0 Å². The van der Waals surface area contributed by atoms with Crippen LogP contribution in [0.5, 0.6) is 5.88 Å². The van der Waals surface area contributed by atoms with Gasteiger partial charge in [-0.15, -0.1) is 15.3 Å². The number of hydrogen-bond donors (Lipinski definition) is 0. The zero-order chi connectivity index (χ0) is 21.1. The summed E-state index contributed by atoms with van der Waals surface area (Å²) in [6, 6.07) is 8.05. The molecule has 10 heteroatoms. The number of carbonyl (C=O) groups is 1. The lowest BCUT2D eigenvalue weighted by atomic mass is 10.2. The van der Waals surface area contributed by atoms with Gasteiger partial charge in [0.15, 0.2) is 11.0 Å². The monoisotopic (exact) mass is 428 g/mol. The zero-order valence-electron chi connectivity index (χ0n) is 17.2. The summed E-state index contributed by atoms with van der Waals surface area (Å²) in [4.78, 5) is 14.7. The lowest BCUT2D eigenvalue weighted by molar-refractivity contribution is -0.116. The van der Waals surface area contributed by atoms with E-state index in [1.54, 1.807) is 18.9 Å². The van der Waals surface area contributed by atoms with E-state index in [-0.39, 0.29) is 11.7 Å². The van der Waals surface area contributed by atoms with Gasteiger partial charge in [-0.1, -0.05) is 30.0 Å². The summed E-state index contributed by atoms with van der Waals surface area (Å²) in [5.41, 5.74) is 2.96.